The van der Waals surface area contributed by atoms with Crippen molar-refractivity contribution < 1.29 is 9.53 Å². The molecule has 1 aliphatic heterocycles. The number of Topliss-reactive ketones (excluding diaryl/α,β-unsaturated/α-hetero) is 1. The molecule has 0 aromatic heterocycles. The Bertz CT molecular complexity index is 703. The fourth-order valence-corrected chi connectivity index (χ4v) is 3.48. The van der Waals surface area contributed by atoms with E-state index in [9.17, 15) is 4.79 Å². The third-order valence-electron chi connectivity index (χ3n) is 3.57. The monoisotopic (exact) mass is 315 g/mol. The van der Waals surface area contributed by atoms with Gasteiger partial charge in [0.15, 0.2) is 5.78 Å². The first-order valence-corrected chi connectivity index (χ1v) is 7.72. The molecule has 6 heteroatoms. The summed E-state index contributed by atoms with van der Waals surface area (Å²) in [7, 11) is 1.60. The highest BCUT2D eigenvalue weighted by Gasteiger charge is 2.29. The summed E-state index contributed by atoms with van der Waals surface area (Å²) in [6.45, 7) is 0.234. The number of nitrogens with zero attached hydrogens (tertiary/aromatic N) is 1. The summed E-state index contributed by atoms with van der Waals surface area (Å²) in [5, 5.41) is 0. The van der Waals surface area contributed by atoms with Gasteiger partial charge in [0.05, 0.1) is 19.3 Å². The van der Waals surface area contributed by atoms with Crippen molar-refractivity contribution in [3.05, 3.63) is 48.0 Å². The molecule has 0 fully saturated rings. The Kier molecular flexibility index (Phi) is 3.96. The van der Waals surface area contributed by atoms with E-state index in [1.165, 1.54) is 11.8 Å². The number of rotatable bonds is 4. The lowest BCUT2D eigenvalue weighted by Gasteiger charge is -2.22. The van der Waals surface area contributed by atoms with Gasteiger partial charge in [0.1, 0.15) is 11.2 Å². The van der Waals surface area contributed by atoms with Crippen molar-refractivity contribution in [2.75, 3.05) is 24.3 Å². The van der Waals surface area contributed by atoms with E-state index in [2.05, 4.69) is 0 Å². The number of methoxy groups -OCH3 is 1. The van der Waals surface area contributed by atoms with Crippen molar-refractivity contribution in [1.29, 1.82) is 0 Å². The van der Waals surface area contributed by atoms with Crippen LogP contribution >= 0.6 is 11.8 Å². The summed E-state index contributed by atoms with van der Waals surface area (Å²) in [4.78, 5) is 15.4. The number of ketones is 1. The van der Waals surface area contributed by atoms with Gasteiger partial charge in [0.2, 0.25) is 0 Å². The second-order valence-corrected chi connectivity index (χ2v) is 6.17. The molecule has 1 unspecified atom stereocenters. The number of hydrogen-bond donors (Lipinski definition) is 2. The highest BCUT2D eigenvalue weighted by atomic mass is 32.2. The molecule has 114 valence electrons. The summed E-state index contributed by atoms with van der Waals surface area (Å²) < 4.78 is 5.10. The molecular weight excluding hydrogens is 298 g/mol. The van der Waals surface area contributed by atoms with E-state index in [0.29, 0.717) is 11.3 Å². The Balaban J connectivity index is 1.79. The van der Waals surface area contributed by atoms with E-state index in [1.54, 1.807) is 31.4 Å². The van der Waals surface area contributed by atoms with Gasteiger partial charge in [0.25, 0.3) is 0 Å². The van der Waals surface area contributed by atoms with Crippen LogP contribution < -0.4 is 21.1 Å². The summed E-state index contributed by atoms with van der Waals surface area (Å²) in [6, 6.07) is 12.7. The van der Waals surface area contributed by atoms with Gasteiger partial charge in [-0.1, -0.05) is 11.8 Å². The highest BCUT2D eigenvalue weighted by Crippen LogP contribution is 2.42. The molecular formula is C16H17N3O2S. The normalized spacial score (nSPS) is 16.5. The van der Waals surface area contributed by atoms with Crippen LogP contribution in [-0.2, 0) is 0 Å². The zero-order valence-corrected chi connectivity index (χ0v) is 13.0. The maximum Gasteiger partial charge on any atom is 0.182 e. The maximum absolute atomic E-state index is 12.5. The summed E-state index contributed by atoms with van der Waals surface area (Å²) in [5.74, 6) is 0.745. The van der Waals surface area contributed by atoms with Gasteiger partial charge in [-0.2, -0.15) is 0 Å². The van der Waals surface area contributed by atoms with Crippen molar-refractivity contribution in [3.63, 3.8) is 0 Å². The Morgan fingerprint density at radius 1 is 1.27 bits per heavy atom. The number of carbonyl (C=O) groups is 1. The largest absolute Gasteiger partial charge is 0.497 e. The van der Waals surface area contributed by atoms with Gasteiger partial charge in [-0.05, 0) is 42.5 Å². The predicted molar refractivity (Wildman–Crippen MR) is 89.4 cm³/mol. The number of fused-ring (bicyclic) bond motifs is 1. The molecule has 1 heterocycles. The fourth-order valence-electron chi connectivity index (χ4n) is 2.39. The molecule has 0 bridgehead atoms. The SMILES string of the molecule is COc1ccc(C(=O)CN2c3ccc(N)cc3SC2N)cc1. The number of thioether (sulfide) groups is 1. The van der Waals surface area contributed by atoms with E-state index >= 15 is 0 Å². The molecule has 0 amide bonds. The Morgan fingerprint density at radius 3 is 2.68 bits per heavy atom. The number of nitrogen functional groups attached to an aromatic ring is 1. The van der Waals surface area contributed by atoms with Crippen LogP contribution in [0.5, 0.6) is 5.75 Å². The quantitative estimate of drug-likeness (QED) is 0.665. The number of benzene rings is 2. The topological polar surface area (TPSA) is 81.6 Å². The van der Waals surface area contributed by atoms with Gasteiger partial charge in [-0.15, -0.1) is 0 Å². The lowest BCUT2D eigenvalue weighted by atomic mass is 10.1. The molecule has 3 rings (SSSR count). The van der Waals surface area contributed by atoms with Crippen molar-refractivity contribution >= 4 is 28.9 Å². The smallest absolute Gasteiger partial charge is 0.182 e. The average molecular weight is 315 g/mol. The molecule has 0 spiro atoms. The minimum absolute atomic E-state index is 0.0170. The maximum atomic E-state index is 12.5. The average Bonchev–Trinajstić information content (AvgIpc) is 2.82. The molecule has 22 heavy (non-hydrogen) atoms. The van der Waals surface area contributed by atoms with Crippen LogP contribution in [0.3, 0.4) is 0 Å². The Labute approximate surface area is 133 Å². The van der Waals surface area contributed by atoms with Crippen LogP contribution in [0.15, 0.2) is 47.4 Å². The number of hydrogen-bond acceptors (Lipinski definition) is 6. The molecule has 0 radical (unpaired) electrons. The van der Waals surface area contributed by atoms with Crippen LogP contribution in [0.25, 0.3) is 0 Å². The number of anilines is 2. The van der Waals surface area contributed by atoms with Crippen molar-refractivity contribution in [3.8, 4) is 5.75 Å². The first-order chi connectivity index (χ1) is 10.6. The Morgan fingerprint density at radius 2 is 2.00 bits per heavy atom. The van der Waals surface area contributed by atoms with E-state index in [1.807, 2.05) is 23.1 Å². The van der Waals surface area contributed by atoms with Gasteiger partial charge >= 0.3 is 0 Å². The van der Waals surface area contributed by atoms with Gasteiger partial charge in [0, 0.05) is 16.1 Å². The Hall–Kier alpha value is -2.18. The van der Waals surface area contributed by atoms with E-state index < -0.39 is 0 Å². The molecule has 0 saturated heterocycles. The second-order valence-electron chi connectivity index (χ2n) is 5.02. The summed E-state index contributed by atoms with van der Waals surface area (Å²) >= 11 is 1.51. The van der Waals surface area contributed by atoms with Crippen molar-refractivity contribution in [2.45, 2.75) is 10.4 Å². The molecule has 2 aromatic carbocycles. The fraction of sp³-hybridized carbons (Fsp3) is 0.188. The third kappa shape index (κ3) is 2.75. The highest BCUT2D eigenvalue weighted by molar-refractivity contribution is 8.00. The number of carbonyl (C=O) groups excluding carboxylic acids is 1. The standard InChI is InChI=1S/C16H17N3O2S/c1-21-12-5-2-10(3-6-12)14(20)9-19-13-7-4-11(17)8-15(13)22-16(19)18/h2-8,16H,9,17-18H2,1H3. The lowest BCUT2D eigenvalue weighted by molar-refractivity contribution is 0.0998. The van der Waals surface area contributed by atoms with Crippen molar-refractivity contribution in [2.24, 2.45) is 5.73 Å². The van der Waals surface area contributed by atoms with E-state index in [4.69, 9.17) is 16.2 Å². The zero-order chi connectivity index (χ0) is 15.7. The van der Waals surface area contributed by atoms with Gasteiger partial charge in [-0.3, -0.25) is 4.79 Å². The molecule has 0 aliphatic carbocycles. The number of ether oxygens (including phenoxy) is 1. The van der Waals surface area contributed by atoms with Crippen LogP contribution in [0.1, 0.15) is 10.4 Å². The zero-order valence-electron chi connectivity index (χ0n) is 12.2. The van der Waals surface area contributed by atoms with Crippen LogP contribution in [0.2, 0.25) is 0 Å². The first-order valence-electron chi connectivity index (χ1n) is 6.84. The van der Waals surface area contributed by atoms with Gasteiger partial charge in [-0.25, -0.2) is 0 Å². The minimum Gasteiger partial charge on any atom is -0.497 e. The second kappa shape index (κ2) is 5.90. The molecule has 1 aliphatic rings. The molecule has 1 atom stereocenters. The van der Waals surface area contributed by atoms with Crippen LogP contribution in [0, 0.1) is 0 Å². The molecule has 5 nitrogen and oxygen atoms in total. The van der Waals surface area contributed by atoms with Crippen molar-refractivity contribution in [1.82, 2.24) is 0 Å². The summed E-state index contributed by atoms with van der Waals surface area (Å²) in [5.41, 5.74) is 13.9. The number of nitrogens with two attached hydrogens (primary N) is 2. The molecule has 4 N–H and O–H groups in total. The first kappa shape index (κ1) is 14.7. The van der Waals surface area contributed by atoms with Crippen LogP contribution in [0.4, 0.5) is 11.4 Å². The molecule has 0 saturated carbocycles. The van der Waals surface area contributed by atoms with E-state index in [-0.39, 0.29) is 17.8 Å². The van der Waals surface area contributed by atoms with E-state index in [0.717, 1.165) is 16.3 Å². The summed E-state index contributed by atoms with van der Waals surface area (Å²) in [6.07, 6.45) is 0. The third-order valence-corrected chi connectivity index (χ3v) is 4.65. The minimum atomic E-state index is -0.279. The molecule has 2 aromatic rings. The lowest BCUT2D eigenvalue weighted by Crippen LogP contribution is -2.39. The van der Waals surface area contributed by atoms with Crippen LogP contribution in [-0.4, -0.2) is 24.9 Å². The predicted octanol–water partition coefficient (Wildman–Crippen LogP) is 2.31. The van der Waals surface area contributed by atoms with Gasteiger partial charge < -0.3 is 21.1 Å².